The average Bonchev–Trinajstić information content (AvgIpc) is 2.83. The Morgan fingerprint density at radius 3 is 2.77 bits per heavy atom. The predicted octanol–water partition coefficient (Wildman–Crippen LogP) is 4.52. The fraction of sp³-hybridized carbons (Fsp3) is 0.370. The molecular formula is C27H31N3O. The number of piperidine rings is 1. The first kappa shape index (κ1) is 20.1. The molecule has 5 rings (SSSR count). The third-order valence-electron chi connectivity index (χ3n) is 6.81. The second-order valence-corrected chi connectivity index (χ2v) is 8.91. The topological polar surface area (TPSA) is 44.4 Å². The molecule has 4 nitrogen and oxygen atoms in total. The van der Waals surface area contributed by atoms with E-state index >= 15 is 0 Å². The molecule has 1 fully saturated rings. The monoisotopic (exact) mass is 413 g/mol. The van der Waals surface area contributed by atoms with Gasteiger partial charge >= 0.3 is 0 Å². The number of amides is 1. The van der Waals surface area contributed by atoms with Crippen LogP contribution in [0.25, 0.3) is 10.8 Å². The van der Waals surface area contributed by atoms with Gasteiger partial charge in [0.05, 0.1) is 0 Å². The van der Waals surface area contributed by atoms with Crippen LogP contribution >= 0.6 is 0 Å². The van der Waals surface area contributed by atoms with Gasteiger partial charge in [-0.25, -0.2) is 0 Å². The van der Waals surface area contributed by atoms with Gasteiger partial charge in [-0.3, -0.25) is 4.79 Å². The largest absolute Gasteiger partial charge is 0.367 e. The van der Waals surface area contributed by atoms with Crippen molar-refractivity contribution in [3.8, 4) is 0 Å². The van der Waals surface area contributed by atoms with Crippen molar-refractivity contribution in [2.75, 3.05) is 31.1 Å². The predicted molar refractivity (Wildman–Crippen MR) is 128 cm³/mol. The standard InChI is InChI=1S/C27H31N3O/c31-27(29-18-20-12-14-28-15-13-20)23-10-11-26-22(17-23)8-4-16-30(26)19-24-7-3-6-21-5-1-2-9-25(21)24/h1-3,5-7,9-11,17,20,28H,4,8,12-16,18-19H2,(H,29,31). The highest BCUT2D eigenvalue weighted by atomic mass is 16.1. The van der Waals surface area contributed by atoms with Crippen LogP contribution in [0.15, 0.2) is 60.7 Å². The van der Waals surface area contributed by atoms with Crippen LogP contribution in [0, 0.1) is 5.92 Å². The van der Waals surface area contributed by atoms with Crippen LogP contribution in [-0.2, 0) is 13.0 Å². The smallest absolute Gasteiger partial charge is 0.251 e. The first-order valence-corrected chi connectivity index (χ1v) is 11.6. The van der Waals surface area contributed by atoms with Gasteiger partial charge in [-0.05, 0) is 84.8 Å². The molecule has 3 aromatic carbocycles. The second kappa shape index (κ2) is 9.11. The number of rotatable bonds is 5. The Labute approximate surface area is 184 Å². The summed E-state index contributed by atoms with van der Waals surface area (Å²) >= 11 is 0. The molecule has 1 amide bonds. The molecule has 2 aliphatic rings. The molecule has 1 saturated heterocycles. The summed E-state index contributed by atoms with van der Waals surface area (Å²) in [5.74, 6) is 0.659. The number of nitrogens with one attached hydrogen (secondary N) is 2. The van der Waals surface area contributed by atoms with Gasteiger partial charge in [0.2, 0.25) is 0 Å². The van der Waals surface area contributed by atoms with E-state index in [0.29, 0.717) is 5.92 Å². The first-order valence-electron chi connectivity index (χ1n) is 11.6. The Morgan fingerprint density at radius 2 is 1.87 bits per heavy atom. The SMILES string of the molecule is O=C(NCC1CCNCC1)c1ccc2c(c1)CCCN2Cc1cccc2ccccc12. The Hall–Kier alpha value is -2.85. The molecule has 0 aliphatic carbocycles. The van der Waals surface area contributed by atoms with E-state index in [4.69, 9.17) is 0 Å². The Kier molecular flexibility index (Phi) is 5.90. The molecule has 2 N–H and O–H groups in total. The van der Waals surface area contributed by atoms with Gasteiger partial charge < -0.3 is 15.5 Å². The van der Waals surface area contributed by atoms with Crippen LogP contribution in [0.5, 0.6) is 0 Å². The van der Waals surface area contributed by atoms with E-state index in [1.54, 1.807) is 0 Å². The number of carbonyl (C=O) groups excluding carboxylic acids is 1. The number of anilines is 1. The minimum Gasteiger partial charge on any atom is -0.367 e. The van der Waals surface area contributed by atoms with Crippen molar-refractivity contribution < 1.29 is 4.79 Å². The van der Waals surface area contributed by atoms with E-state index in [1.165, 1.54) is 27.6 Å². The van der Waals surface area contributed by atoms with E-state index in [2.05, 4.69) is 70.1 Å². The minimum absolute atomic E-state index is 0.0625. The quantitative estimate of drug-likeness (QED) is 0.646. The number of hydrogen-bond acceptors (Lipinski definition) is 3. The average molecular weight is 414 g/mol. The lowest BCUT2D eigenvalue weighted by Gasteiger charge is -2.32. The lowest BCUT2D eigenvalue weighted by molar-refractivity contribution is 0.0944. The fourth-order valence-corrected chi connectivity index (χ4v) is 5.04. The second-order valence-electron chi connectivity index (χ2n) is 8.91. The third-order valence-corrected chi connectivity index (χ3v) is 6.81. The zero-order valence-corrected chi connectivity index (χ0v) is 18.1. The molecule has 0 unspecified atom stereocenters. The van der Waals surface area contributed by atoms with Crippen molar-refractivity contribution in [1.29, 1.82) is 0 Å². The zero-order valence-electron chi connectivity index (χ0n) is 18.1. The molecule has 31 heavy (non-hydrogen) atoms. The van der Waals surface area contributed by atoms with E-state index in [9.17, 15) is 4.79 Å². The van der Waals surface area contributed by atoms with Crippen molar-refractivity contribution in [3.05, 3.63) is 77.4 Å². The minimum atomic E-state index is 0.0625. The van der Waals surface area contributed by atoms with Gasteiger partial charge in [0, 0.05) is 30.9 Å². The molecular weight excluding hydrogens is 382 g/mol. The molecule has 0 atom stereocenters. The maximum Gasteiger partial charge on any atom is 0.251 e. The van der Waals surface area contributed by atoms with Gasteiger partial charge in [0.25, 0.3) is 5.91 Å². The van der Waals surface area contributed by atoms with Crippen LogP contribution in [-0.4, -0.2) is 32.1 Å². The van der Waals surface area contributed by atoms with Crippen LogP contribution in [0.4, 0.5) is 5.69 Å². The molecule has 0 aromatic heterocycles. The maximum absolute atomic E-state index is 12.8. The summed E-state index contributed by atoms with van der Waals surface area (Å²) in [6.45, 7) is 4.86. The number of aryl methyl sites for hydroxylation is 1. The van der Waals surface area contributed by atoms with Crippen molar-refractivity contribution in [1.82, 2.24) is 10.6 Å². The molecule has 0 radical (unpaired) electrons. The summed E-state index contributed by atoms with van der Waals surface area (Å²) in [6.07, 6.45) is 4.45. The Bertz CT molecular complexity index is 1070. The van der Waals surface area contributed by atoms with Gasteiger partial charge in [-0.1, -0.05) is 42.5 Å². The lowest BCUT2D eigenvalue weighted by Crippen LogP contribution is -2.36. The fourth-order valence-electron chi connectivity index (χ4n) is 5.04. The van der Waals surface area contributed by atoms with E-state index in [0.717, 1.165) is 64.0 Å². The normalized spacial score (nSPS) is 16.8. The van der Waals surface area contributed by atoms with E-state index in [-0.39, 0.29) is 5.91 Å². The number of hydrogen-bond donors (Lipinski definition) is 2. The van der Waals surface area contributed by atoms with E-state index in [1.807, 2.05) is 6.07 Å². The molecule has 4 heteroatoms. The molecule has 0 spiro atoms. The number of carbonyl (C=O) groups is 1. The zero-order chi connectivity index (χ0) is 21.0. The van der Waals surface area contributed by atoms with Gasteiger partial charge in [0.15, 0.2) is 0 Å². The van der Waals surface area contributed by atoms with Gasteiger partial charge in [-0.2, -0.15) is 0 Å². The van der Waals surface area contributed by atoms with E-state index < -0.39 is 0 Å². The van der Waals surface area contributed by atoms with Crippen molar-refractivity contribution >= 4 is 22.4 Å². The highest BCUT2D eigenvalue weighted by Gasteiger charge is 2.20. The summed E-state index contributed by atoms with van der Waals surface area (Å²) in [7, 11) is 0. The molecule has 3 aromatic rings. The van der Waals surface area contributed by atoms with Crippen molar-refractivity contribution in [3.63, 3.8) is 0 Å². The molecule has 160 valence electrons. The highest BCUT2D eigenvalue weighted by Crippen LogP contribution is 2.31. The molecule has 2 aliphatic heterocycles. The van der Waals surface area contributed by atoms with Crippen molar-refractivity contribution in [2.24, 2.45) is 5.92 Å². The third kappa shape index (κ3) is 4.45. The van der Waals surface area contributed by atoms with Crippen LogP contribution in [0.3, 0.4) is 0 Å². The van der Waals surface area contributed by atoms with Gasteiger partial charge in [0.1, 0.15) is 0 Å². The van der Waals surface area contributed by atoms with Crippen LogP contribution < -0.4 is 15.5 Å². The maximum atomic E-state index is 12.8. The van der Waals surface area contributed by atoms with Crippen molar-refractivity contribution in [2.45, 2.75) is 32.2 Å². The summed E-state index contributed by atoms with van der Waals surface area (Å²) < 4.78 is 0. The summed E-state index contributed by atoms with van der Waals surface area (Å²) in [4.78, 5) is 15.2. The molecule has 2 heterocycles. The Balaban J connectivity index is 1.31. The lowest BCUT2D eigenvalue weighted by atomic mass is 9.96. The molecule has 0 saturated carbocycles. The van der Waals surface area contributed by atoms with Crippen LogP contribution in [0.1, 0.15) is 40.7 Å². The summed E-state index contributed by atoms with van der Waals surface area (Å²) in [5.41, 5.74) is 4.71. The Morgan fingerprint density at radius 1 is 1.03 bits per heavy atom. The highest BCUT2D eigenvalue weighted by molar-refractivity contribution is 5.95. The summed E-state index contributed by atoms with van der Waals surface area (Å²) in [6, 6.07) is 21.4. The van der Waals surface area contributed by atoms with Crippen LogP contribution in [0.2, 0.25) is 0 Å². The summed E-state index contributed by atoms with van der Waals surface area (Å²) in [5, 5.41) is 9.16. The first-order chi connectivity index (χ1) is 15.3. The number of fused-ring (bicyclic) bond motifs is 2. The molecule has 0 bridgehead atoms. The number of nitrogens with zero attached hydrogens (tertiary/aromatic N) is 1. The number of benzene rings is 3. The van der Waals surface area contributed by atoms with Gasteiger partial charge in [-0.15, -0.1) is 0 Å².